The van der Waals surface area contributed by atoms with Crippen LogP contribution >= 0.6 is 22.9 Å². The molecule has 1 N–H and O–H groups in total. The molecular formula is C22H25ClN2O3S. The number of aliphatic hydroxyl groups is 1. The summed E-state index contributed by atoms with van der Waals surface area (Å²) in [5.41, 5.74) is 0.847. The van der Waals surface area contributed by atoms with Gasteiger partial charge >= 0.3 is 0 Å². The van der Waals surface area contributed by atoms with Crippen molar-refractivity contribution in [3.05, 3.63) is 68.6 Å². The van der Waals surface area contributed by atoms with E-state index in [2.05, 4.69) is 18.7 Å². The number of benzene rings is 1. The third-order valence-electron chi connectivity index (χ3n) is 5.23. The molecule has 0 fully saturated rings. The number of hydrogen-bond donors (Lipinski definition) is 1. The van der Waals surface area contributed by atoms with E-state index in [1.165, 1.54) is 11.3 Å². The predicted molar refractivity (Wildman–Crippen MR) is 117 cm³/mol. The fourth-order valence-electron chi connectivity index (χ4n) is 3.68. The molecule has 29 heavy (non-hydrogen) atoms. The Balaban J connectivity index is 1.94. The number of aliphatic hydroxyl groups excluding tert-OH is 1. The number of carbonyl (C=O) groups excluding carboxylic acids is 2. The van der Waals surface area contributed by atoms with Gasteiger partial charge in [0, 0.05) is 11.6 Å². The molecule has 1 aliphatic heterocycles. The monoisotopic (exact) mass is 432 g/mol. The summed E-state index contributed by atoms with van der Waals surface area (Å²) in [5, 5.41) is 13.0. The molecule has 1 atom stereocenters. The standard InChI is InChI=1S/C22H25ClN2O3S/c1-3-24(4-2)11-7-12-25-19(15-8-5-9-16(23)14-15)18(21(27)22(25)28)20(26)17-10-6-13-29-17/h5-6,8-10,13-14,19,27H,3-4,7,11-12H2,1-2H3/t19-/m0/s1. The average Bonchev–Trinajstić information content (AvgIpc) is 3.33. The van der Waals surface area contributed by atoms with Gasteiger partial charge in [0.15, 0.2) is 5.76 Å². The third-order valence-corrected chi connectivity index (χ3v) is 6.33. The molecule has 0 unspecified atom stereocenters. The van der Waals surface area contributed by atoms with Crippen molar-refractivity contribution in [3.63, 3.8) is 0 Å². The minimum atomic E-state index is -0.646. The zero-order valence-electron chi connectivity index (χ0n) is 16.6. The van der Waals surface area contributed by atoms with E-state index in [1.54, 1.807) is 40.6 Å². The second-order valence-electron chi connectivity index (χ2n) is 6.91. The Morgan fingerprint density at radius 2 is 2.00 bits per heavy atom. The molecule has 2 aromatic rings. The first kappa shape index (κ1) is 21.6. The van der Waals surface area contributed by atoms with Crippen LogP contribution < -0.4 is 0 Å². The van der Waals surface area contributed by atoms with Crippen molar-refractivity contribution in [2.24, 2.45) is 0 Å². The van der Waals surface area contributed by atoms with Crippen LogP contribution in [0.3, 0.4) is 0 Å². The van der Waals surface area contributed by atoms with Crippen molar-refractivity contribution in [1.29, 1.82) is 0 Å². The molecule has 0 bridgehead atoms. The van der Waals surface area contributed by atoms with Crippen molar-refractivity contribution >= 4 is 34.6 Å². The molecule has 2 heterocycles. The van der Waals surface area contributed by atoms with Crippen LogP contribution in [0.1, 0.15) is 41.5 Å². The lowest BCUT2D eigenvalue weighted by molar-refractivity contribution is -0.129. The first-order chi connectivity index (χ1) is 14.0. The molecule has 1 aliphatic rings. The van der Waals surface area contributed by atoms with Gasteiger partial charge in [-0.2, -0.15) is 0 Å². The van der Waals surface area contributed by atoms with Gasteiger partial charge in [-0.25, -0.2) is 0 Å². The quantitative estimate of drug-likeness (QED) is 0.583. The lowest BCUT2D eigenvalue weighted by Gasteiger charge is -2.28. The molecule has 0 aliphatic carbocycles. The number of nitrogens with zero attached hydrogens (tertiary/aromatic N) is 2. The van der Waals surface area contributed by atoms with Gasteiger partial charge in [0.2, 0.25) is 5.78 Å². The smallest absolute Gasteiger partial charge is 0.290 e. The zero-order chi connectivity index (χ0) is 21.0. The molecule has 7 heteroatoms. The van der Waals surface area contributed by atoms with Gasteiger partial charge in [-0.15, -0.1) is 11.3 Å². The summed E-state index contributed by atoms with van der Waals surface area (Å²) >= 11 is 7.48. The van der Waals surface area contributed by atoms with Gasteiger partial charge < -0.3 is 14.9 Å². The highest BCUT2D eigenvalue weighted by Gasteiger charge is 2.43. The van der Waals surface area contributed by atoms with Crippen molar-refractivity contribution < 1.29 is 14.7 Å². The van der Waals surface area contributed by atoms with E-state index in [4.69, 9.17) is 11.6 Å². The summed E-state index contributed by atoms with van der Waals surface area (Å²) in [4.78, 5) is 30.4. The number of carbonyl (C=O) groups is 2. The molecule has 1 aromatic heterocycles. The van der Waals surface area contributed by atoms with Crippen LogP contribution in [0.25, 0.3) is 0 Å². The Kier molecular flexibility index (Phi) is 7.11. The molecule has 3 rings (SSSR count). The third kappa shape index (κ3) is 4.55. The Hall–Kier alpha value is -2.15. The van der Waals surface area contributed by atoms with Crippen molar-refractivity contribution in [1.82, 2.24) is 9.80 Å². The maximum Gasteiger partial charge on any atom is 0.290 e. The highest BCUT2D eigenvalue weighted by atomic mass is 35.5. The van der Waals surface area contributed by atoms with Crippen LogP contribution in [-0.4, -0.2) is 52.8 Å². The van der Waals surface area contributed by atoms with Crippen molar-refractivity contribution in [2.75, 3.05) is 26.2 Å². The summed E-state index contributed by atoms with van der Waals surface area (Å²) in [6.07, 6.45) is 0.748. The second-order valence-corrected chi connectivity index (χ2v) is 8.29. The van der Waals surface area contributed by atoms with E-state index >= 15 is 0 Å². The molecule has 154 valence electrons. The summed E-state index contributed by atoms with van der Waals surface area (Å²) < 4.78 is 0. The lowest BCUT2D eigenvalue weighted by atomic mass is 9.95. The van der Waals surface area contributed by atoms with Crippen molar-refractivity contribution in [3.8, 4) is 0 Å². The van der Waals surface area contributed by atoms with Crippen LogP contribution in [-0.2, 0) is 4.79 Å². The number of thiophene rings is 1. The Morgan fingerprint density at radius 1 is 1.24 bits per heavy atom. The number of ketones is 1. The minimum Gasteiger partial charge on any atom is -0.503 e. The first-order valence-corrected chi connectivity index (χ1v) is 11.0. The van der Waals surface area contributed by atoms with Crippen LogP contribution in [0.15, 0.2) is 53.1 Å². The average molecular weight is 433 g/mol. The SMILES string of the molecule is CCN(CC)CCCN1C(=O)C(O)=C(C(=O)c2cccs2)[C@@H]1c1cccc(Cl)c1. The van der Waals surface area contributed by atoms with Gasteiger partial charge in [0.1, 0.15) is 0 Å². The van der Waals surface area contributed by atoms with Gasteiger partial charge in [-0.3, -0.25) is 9.59 Å². The van der Waals surface area contributed by atoms with Crippen LogP contribution in [0.5, 0.6) is 0 Å². The van der Waals surface area contributed by atoms with Crippen LogP contribution in [0, 0.1) is 0 Å². The summed E-state index contributed by atoms with van der Waals surface area (Å²) in [6.45, 7) is 7.36. The normalized spacial score (nSPS) is 16.9. The summed E-state index contributed by atoms with van der Waals surface area (Å²) in [6, 6.07) is 9.96. The Morgan fingerprint density at radius 3 is 2.62 bits per heavy atom. The van der Waals surface area contributed by atoms with E-state index < -0.39 is 17.7 Å². The highest BCUT2D eigenvalue weighted by Crippen LogP contribution is 2.40. The molecule has 0 spiro atoms. The first-order valence-electron chi connectivity index (χ1n) is 9.78. The Labute approximate surface area is 180 Å². The lowest BCUT2D eigenvalue weighted by Crippen LogP contribution is -2.34. The van der Waals surface area contributed by atoms with Gasteiger partial charge in [-0.1, -0.05) is 43.6 Å². The fraction of sp³-hybridized carbons (Fsp3) is 0.364. The summed E-state index contributed by atoms with van der Waals surface area (Å²) in [7, 11) is 0. The molecule has 0 saturated heterocycles. The van der Waals surface area contributed by atoms with E-state index in [9.17, 15) is 14.7 Å². The number of rotatable bonds is 9. The molecule has 1 amide bonds. The molecule has 5 nitrogen and oxygen atoms in total. The predicted octanol–water partition coefficient (Wildman–Crippen LogP) is 4.71. The van der Waals surface area contributed by atoms with E-state index in [0.717, 1.165) is 31.6 Å². The van der Waals surface area contributed by atoms with Gasteiger partial charge in [0.05, 0.1) is 16.5 Å². The Bertz CT molecular complexity index is 907. The van der Waals surface area contributed by atoms with Crippen molar-refractivity contribution in [2.45, 2.75) is 26.3 Å². The maximum atomic E-state index is 13.1. The van der Waals surface area contributed by atoms with E-state index in [0.29, 0.717) is 16.4 Å². The van der Waals surface area contributed by atoms with Gasteiger partial charge in [-0.05, 0) is 55.2 Å². The number of halogens is 1. The number of hydrogen-bond acceptors (Lipinski definition) is 5. The topological polar surface area (TPSA) is 60.9 Å². The largest absolute Gasteiger partial charge is 0.503 e. The number of Topliss-reactive ketones (excluding diaryl/α,β-unsaturated/α-hetero) is 1. The zero-order valence-corrected chi connectivity index (χ0v) is 18.2. The second kappa shape index (κ2) is 9.57. The summed E-state index contributed by atoms with van der Waals surface area (Å²) in [5.74, 6) is -1.28. The highest BCUT2D eigenvalue weighted by molar-refractivity contribution is 7.12. The van der Waals surface area contributed by atoms with Crippen LogP contribution in [0.4, 0.5) is 0 Å². The maximum absolute atomic E-state index is 13.1. The molecule has 1 aromatic carbocycles. The minimum absolute atomic E-state index is 0.127. The van der Waals surface area contributed by atoms with Crippen LogP contribution in [0.2, 0.25) is 5.02 Å². The van der Waals surface area contributed by atoms with Gasteiger partial charge in [0.25, 0.3) is 5.91 Å². The van der Waals surface area contributed by atoms with E-state index in [1.807, 2.05) is 6.07 Å². The molecule has 0 radical (unpaired) electrons. The van der Waals surface area contributed by atoms with E-state index in [-0.39, 0.29) is 11.4 Å². The number of amides is 1. The molecular weight excluding hydrogens is 408 g/mol. The fourth-order valence-corrected chi connectivity index (χ4v) is 4.56. The molecule has 0 saturated carbocycles.